The van der Waals surface area contributed by atoms with Gasteiger partial charge >= 0.3 is 5.97 Å². The quantitative estimate of drug-likeness (QED) is 0.732. The highest BCUT2D eigenvalue weighted by molar-refractivity contribution is 5.90. The predicted octanol–water partition coefficient (Wildman–Crippen LogP) is 1.65. The Labute approximate surface area is 98.2 Å². The molecule has 17 heavy (non-hydrogen) atoms. The molecule has 2 aromatic rings. The largest absolute Gasteiger partial charge is 0.480 e. The molecule has 1 aromatic carbocycles. The summed E-state index contributed by atoms with van der Waals surface area (Å²) in [4.78, 5) is 10.5. The Kier molecular flexibility index (Phi) is 3.30. The number of benzene rings is 1. The number of hydrogen-bond acceptors (Lipinski definition) is 4. The third-order valence-corrected chi connectivity index (χ3v) is 2.57. The van der Waals surface area contributed by atoms with Crippen LogP contribution >= 0.6 is 0 Å². The van der Waals surface area contributed by atoms with Gasteiger partial charge in [-0.2, -0.15) is 0 Å². The molecule has 0 saturated carbocycles. The standard InChI is InChI=1S/C12H14N2O3/c13-9(12(15)16)5-6-14-10-7-17-11-4-2-1-3-8(10)11/h1-4,7,9,14H,5-6,13H2,(H,15,16). The summed E-state index contributed by atoms with van der Waals surface area (Å²) < 4.78 is 5.34. The van der Waals surface area contributed by atoms with Gasteiger partial charge in [0.1, 0.15) is 17.9 Å². The van der Waals surface area contributed by atoms with Crippen molar-refractivity contribution in [3.05, 3.63) is 30.5 Å². The van der Waals surface area contributed by atoms with Gasteiger partial charge in [-0.15, -0.1) is 0 Å². The van der Waals surface area contributed by atoms with E-state index in [1.807, 2.05) is 24.3 Å². The van der Waals surface area contributed by atoms with Gasteiger partial charge < -0.3 is 20.6 Å². The molecule has 0 radical (unpaired) electrons. The number of anilines is 1. The minimum atomic E-state index is -0.983. The molecule has 0 bridgehead atoms. The Bertz CT molecular complexity index is 521. The number of furan rings is 1. The van der Waals surface area contributed by atoms with Crippen molar-refractivity contribution < 1.29 is 14.3 Å². The fourth-order valence-corrected chi connectivity index (χ4v) is 1.60. The second-order valence-corrected chi connectivity index (χ2v) is 3.81. The molecule has 5 nitrogen and oxygen atoms in total. The molecule has 4 N–H and O–H groups in total. The molecule has 0 amide bonds. The fourth-order valence-electron chi connectivity index (χ4n) is 1.60. The lowest BCUT2D eigenvalue weighted by atomic mass is 10.2. The number of nitrogens with two attached hydrogens (primary N) is 1. The van der Waals surface area contributed by atoms with Gasteiger partial charge in [0, 0.05) is 11.9 Å². The van der Waals surface area contributed by atoms with Gasteiger partial charge in [-0.1, -0.05) is 12.1 Å². The number of hydrogen-bond donors (Lipinski definition) is 3. The Morgan fingerprint density at radius 3 is 3.00 bits per heavy atom. The summed E-state index contributed by atoms with van der Waals surface area (Å²) in [5, 5.41) is 12.7. The molecule has 1 heterocycles. The van der Waals surface area contributed by atoms with E-state index in [9.17, 15) is 4.79 Å². The number of nitrogens with one attached hydrogen (secondary N) is 1. The molecular formula is C12H14N2O3. The van der Waals surface area contributed by atoms with E-state index in [0.717, 1.165) is 16.7 Å². The zero-order valence-corrected chi connectivity index (χ0v) is 9.22. The van der Waals surface area contributed by atoms with Crippen molar-refractivity contribution in [2.24, 2.45) is 5.73 Å². The first-order valence-electron chi connectivity index (χ1n) is 5.37. The minimum Gasteiger partial charge on any atom is -0.480 e. The van der Waals surface area contributed by atoms with E-state index >= 15 is 0 Å². The van der Waals surface area contributed by atoms with Crippen LogP contribution in [0.4, 0.5) is 5.69 Å². The highest BCUT2D eigenvalue weighted by Gasteiger charge is 2.11. The van der Waals surface area contributed by atoms with Crippen LogP contribution in [0.15, 0.2) is 34.9 Å². The van der Waals surface area contributed by atoms with Crippen LogP contribution in [0, 0.1) is 0 Å². The zero-order chi connectivity index (χ0) is 12.3. The SMILES string of the molecule is NC(CCNc1coc2ccccc12)C(=O)O. The average molecular weight is 234 g/mol. The molecule has 0 spiro atoms. The van der Waals surface area contributed by atoms with Gasteiger partial charge in [0.05, 0.1) is 5.69 Å². The van der Waals surface area contributed by atoms with Crippen LogP contribution in [0.5, 0.6) is 0 Å². The molecule has 2 rings (SSSR count). The first-order valence-corrected chi connectivity index (χ1v) is 5.37. The second-order valence-electron chi connectivity index (χ2n) is 3.81. The first kappa shape index (κ1) is 11.5. The highest BCUT2D eigenvalue weighted by atomic mass is 16.4. The second kappa shape index (κ2) is 4.88. The lowest BCUT2D eigenvalue weighted by Gasteiger charge is -2.07. The number of carboxylic acid groups (broad SMARTS) is 1. The van der Waals surface area contributed by atoms with E-state index in [4.69, 9.17) is 15.3 Å². The summed E-state index contributed by atoms with van der Waals surface area (Å²) >= 11 is 0. The monoisotopic (exact) mass is 234 g/mol. The van der Waals surface area contributed by atoms with E-state index in [1.165, 1.54) is 0 Å². The maximum atomic E-state index is 10.5. The lowest BCUT2D eigenvalue weighted by Crippen LogP contribution is -2.32. The van der Waals surface area contributed by atoms with Crippen LogP contribution in [0.25, 0.3) is 11.0 Å². The van der Waals surface area contributed by atoms with Gasteiger partial charge in [0.15, 0.2) is 0 Å². The van der Waals surface area contributed by atoms with Crippen LogP contribution < -0.4 is 11.1 Å². The molecule has 1 atom stereocenters. The Hall–Kier alpha value is -2.01. The first-order chi connectivity index (χ1) is 8.18. The summed E-state index contributed by atoms with van der Waals surface area (Å²) in [5.41, 5.74) is 7.07. The van der Waals surface area contributed by atoms with Crippen molar-refractivity contribution in [3.8, 4) is 0 Å². The van der Waals surface area contributed by atoms with Crippen LogP contribution in [0.2, 0.25) is 0 Å². The summed E-state index contributed by atoms with van der Waals surface area (Å²) in [6.45, 7) is 0.497. The number of para-hydroxylation sites is 1. The van der Waals surface area contributed by atoms with Crippen molar-refractivity contribution >= 4 is 22.6 Å². The Balaban J connectivity index is 1.98. The maximum Gasteiger partial charge on any atom is 0.320 e. The Morgan fingerprint density at radius 1 is 1.47 bits per heavy atom. The van der Waals surface area contributed by atoms with Crippen molar-refractivity contribution in [1.82, 2.24) is 0 Å². The predicted molar refractivity (Wildman–Crippen MR) is 64.9 cm³/mol. The molecular weight excluding hydrogens is 220 g/mol. The number of fused-ring (bicyclic) bond motifs is 1. The molecule has 0 aliphatic carbocycles. The summed E-state index contributed by atoms with van der Waals surface area (Å²) in [6.07, 6.45) is 1.99. The van der Waals surface area contributed by atoms with Gasteiger partial charge in [-0.25, -0.2) is 0 Å². The topological polar surface area (TPSA) is 88.5 Å². The normalized spacial score (nSPS) is 12.5. The average Bonchev–Trinajstić information content (AvgIpc) is 2.72. The van der Waals surface area contributed by atoms with Crippen LogP contribution in [0.1, 0.15) is 6.42 Å². The van der Waals surface area contributed by atoms with E-state index in [1.54, 1.807) is 6.26 Å². The van der Waals surface area contributed by atoms with Crippen LogP contribution in [-0.2, 0) is 4.79 Å². The smallest absolute Gasteiger partial charge is 0.320 e. The van der Waals surface area contributed by atoms with Crippen molar-refractivity contribution in [2.75, 3.05) is 11.9 Å². The molecule has 5 heteroatoms. The number of carboxylic acids is 1. The van der Waals surface area contributed by atoms with Gasteiger partial charge in [0.25, 0.3) is 0 Å². The summed E-state index contributed by atoms with van der Waals surface area (Å²) in [6, 6.07) is 6.81. The maximum absolute atomic E-state index is 10.5. The highest BCUT2D eigenvalue weighted by Crippen LogP contribution is 2.24. The zero-order valence-electron chi connectivity index (χ0n) is 9.22. The van der Waals surface area contributed by atoms with Crippen molar-refractivity contribution in [1.29, 1.82) is 0 Å². The van der Waals surface area contributed by atoms with Crippen molar-refractivity contribution in [3.63, 3.8) is 0 Å². The van der Waals surface area contributed by atoms with E-state index in [0.29, 0.717) is 13.0 Å². The summed E-state index contributed by atoms with van der Waals surface area (Å²) in [7, 11) is 0. The molecule has 0 aliphatic heterocycles. The fraction of sp³-hybridized carbons (Fsp3) is 0.250. The lowest BCUT2D eigenvalue weighted by molar-refractivity contribution is -0.138. The van der Waals surface area contributed by atoms with Gasteiger partial charge in [-0.05, 0) is 18.6 Å². The van der Waals surface area contributed by atoms with Crippen LogP contribution in [-0.4, -0.2) is 23.7 Å². The van der Waals surface area contributed by atoms with Gasteiger partial charge in [0.2, 0.25) is 0 Å². The number of aliphatic carboxylic acids is 1. The number of carbonyl (C=O) groups is 1. The minimum absolute atomic E-state index is 0.370. The van der Waals surface area contributed by atoms with E-state index in [2.05, 4.69) is 5.32 Å². The van der Waals surface area contributed by atoms with Gasteiger partial charge in [-0.3, -0.25) is 4.79 Å². The van der Waals surface area contributed by atoms with Crippen molar-refractivity contribution in [2.45, 2.75) is 12.5 Å². The number of rotatable bonds is 5. The molecule has 0 saturated heterocycles. The molecule has 1 aromatic heterocycles. The molecule has 1 unspecified atom stereocenters. The van der Waals surface area contributed by atoms with E-state index in [-0.39, 0.29) is 0 Å². The summed E-state index contributed by atoms with van der Waals surface area (Å²) in [5.74, 6) is -0.983. The van der Waals surface area contributed by atoms with E-state index < -0.39 is 12.0 Å². The molecule has 90 valence electrons. The third kappa shape index (κ3) is 2.57. The Morgan fingerprint density at radius 2 is 2.24 bits per heavy atom. The van der Waals surface area contributed by atoms with Crippen LogP contribution in [0.3, 0.4) is 0 Å². The molecule has 0 aliphatic rings. The third-order valence-electron chi connectivity index (χ3n) is 2.57. The molecule has 0 fully saturated rings.